The molecule has 3 aromatic carbocycles. The van der Waals surface area contributed by atoms with Crippen LogP contribution in [-0.2, 0) is 0 Å². The van der Waals surface area contributed by atoms with Gasteiger partial charge in [-0.25, -0.2) is 4.98 Å². The van der Waals surface area contributed by atoms with Crippen LogP contribution in [0.15, 0.2) is 84.9 Å². The number of benzene rings is 3. The fraction of sp³-hybridized carbons (Fsp3) is 0.344. The van der Waals surface area contributed by atoms with Crippen molar-refractivity contribution in [1.29, 1.82) is 0 Å². The minimum absolute atomic E-state index is 0. The van der Waals surface area contributed by atoms with E-state index in [1.807, 2.05) is 19.1 Å². The van der Waals surface area contributed by atoms with Gasteiger partial charge in [-0.1, -0.05) is 86.6 Å². The summed E-state index contributed by atoms with van der Waals surface area (Å²) in [6, 6.07) is 30.6. The van der Waals surface area contributed by atoms with E-state index in [1.54, 1.807) is 7.11 Å². The lowest BCUT2D eigenvalue weighted by Crippen LogP contribution is -2.49. The van der Waals surface area contributed by atoms with Crippen LogP contribution in [-0.4, -0.2) is 53.1 Å². The normalized spacial score (nSPS) is 14.7. The molecular weight excluding hydrogens is 563 g/mol. The molecule has 0 saturated carbocycles. The van der Waals surface area contributed by atoms with Crippen molar-refractivity contribution in [2.24, 2.45) is 5.92 Å². The van der Waals surface area contributed by atoms with E-state index in [1.165, 1.54) is 16.8 Å². The number of imidazole rings is 1. The Morgan fingerprint density at radius 2 is 1.30 bits per heavy atom. The predicted molar refractivity (Wildman–Crippen MR) is 173 cm³/mol. The maximum absolute atomic E-state index is 5.50. The maximum atomic E-state index is 5.50. The highest BCUT2D eigenvalue weighted by Gasteiger charge is 2.33. The highest BCUT2D eigenvalue weighted by atomic mass is 35.5. The van der Waals surface area contributed by atoms with Crippen molar-refractivity contribution >= 4 is 37.2 Å². The van der Waals surface area contributed by atoms with Crippen molar-refractivity contribution in [3.63, 3.8) is 0 Å². The van der Waals surface area contributed by atoms with Crippen LogP contribution < -0.4 is 4.74 Å². The van der Waals surface area contributed by atoms with E-state index in [-0.39, 0.29) is 49.3 Å². The second kappa shape index (κ2) is 15.5. The van der Waals surface area contributed by atoms with Crippen LogP contribution >= 0.6 is 37.2 Å². The minimum atomic E-state index is 0. The molecule has 2 heterocycles. The Morgan fingerprint density at radius 1 is 0.750 bits per heavy atom. The summed E-state index contributed by atoms with van der Waals surface area (Å²) in [5, 5.41) is 0. The third kappa shape index (κ3) is 7.39. The molecule has 0 bridgehead atoms. The average molecular weight is 604 g/mol. The number of aromatic amines is 1. The first-order valence-electron chi connectivity index (χ1n) is 13.3. The van der Waals surface area contributed by atoms with E-state index in [4.69, 9.17) is 9.72 Å². The molecule has 1 aromatic heterocycles. The van der Waals surface area contributed by atoms with Crippen LogP contribution in [0, 0.1) is 12.8 Å². The zero-order valence-corrected chi connectivity index (χ0v) is 26.1. The fourth-order valence-corrected chi connectivity index (χ4v) is 5.81. The van der Waals surface area contributed by atoms with Crippen LogP contribution in [0.3, 0.4) is 0 Å². The van der Waals surface area contributed by atoms with Gasteiger partial charge in [-0.15, -0.1) is 37.2 Å². The third-order valence-corrected chi connectivity index (χ3v) is 7.46. The molecular formula is C32H41Cl3N4O. The summed E-state index contributed by atoms with van der Waals surface area (Å²) in [5.74, 6) is 2.24. The number of nitrogens with one attached hydrogen (secondary N) is 1. The Morgan fingerprint density at radius 3 is 1.82 bits per heavy atom. The first-order valence-corrected chi connectivity index (χ1v) is 13.3. The Balaban J connectivity index is 0.00000187. The minimum Gasteiger partial charge on any atom is -0.497 e. The molecule has 0 amide bonds. The van der Waals surface area contributed by atoms with E-state index < -0.39 is 0 Å². The lowest BCUT2D eigenvalue weighted by Gasteiger charge is -2.43. The molecule has 0 radical (unpaired) electrons. The van der Waals surface area contributed by atoms with Gasteiger partial charge in [-0.05, 0) is 36.1 Å². The number of hydrogen-bond acceptors (Lipinski definition) is 4. The summed E-state index contributed by atoms with van der Waals surface area (Å²) in [4.78, 5) is 13.8. The van der Waals surface area contributed by atoms with Crippen molar-refractivity contribution in [2.75, 3.05) is 33.3 Å². The van der Waals surface area contributed by atoms with E-state index >= 15 is 0 Å². The van der Waals surface area contributed by atoms with Gasteiger partial charge in [-0.3, -0.25) is 9.80 Å². The number of piperazine rings is 1. The smallest absolute Gasteiger partial charge is 0.119 e. The first-order chi connectivity index (χ1) is 18.0. The number of hydrogen-bond donors (Lipinski definition) is 1. The van der Waals surface area contributed by atoms with Crippen LogP contribution in [0.5, 0.6) is 5.75 Å². The van der Waals surface area contributed by atoms with Crippen LogP contribution in [0.1, 0.15) is 48.6 Å². The molecule has 1 aliphatic rings. The zero-order chi connectivity index (χ0) is 25.8. The Hall–Kier alpha value is -2.54. The third-order valence-electron chi connectivity index (χ3n) is 7.46. The predicted octanol–water partition coefficient (Wildman–Crippen LogP) is 7.76. The SMILES string of the molecule is COc1cccc(-c2nc(C)[nH]c2C(C(C)C)N2CCN(C(c3ccccc3)c3ccccc3)CC2)c1.Cl.Cl.Cl. The molecule has 4 aromatic rings. The summed E-state index contributed by atoms with van der Waals surface area (Å²) in [5.41, 5.74) is 6.04. The van der Waals surface area contributed by atoms with E-state index in [9.17, 15) is 0 Å². The lowest BCUT2D eigenvalue weighted by molar-refractivity contribution is 0.0603. The Kier molecular flexibility index (Phi) is 13.0. The molecule has 1 N–H and O–H groups in total. The zero-order valence-electron chi connectivity index (χ0n) is 23.6. The highest BCUT2D eigenvalue weighted by Crippen LogP contribution is 2.37. The van der Waals surface area contributed by atoms with Crippen molar-refractivity contribution in [2.45, 2.75) is 32.9 Å². The number of ether oxygens (including phenoxy) is 1. The summed E-state index contributed by atoms with van der Waals surface area (Å²) in [6.07, 6.45) is 0. The number of methoxy groups -OCH3 is 1. The molecule has 1 unspecified atom stereocenters. The van der Waals surface area contributed by atoms with Gasteiger partial charge in [0.25, 0.3) is 0 Å². The van der Waals surface area contributed by atoms with E-state index in [2.05, 4.69) is 101 Å². The molecule has 1 aliphatic heterocycles. The van der Waals surface area contributed by atoms with Crippen molar-refractivity contribution in [1.82, 2.24) is 19.8 Å². The lowest BCUT2D eigenvalue weighted by atomic mass is 9.93. The number of halogens is 3. The number of rotatable bonds is 8. The van der Waals surface area contributed by atoms with E-state index in [0.29, 0.717) is 5.92 Å². The molecule has 1 atom stereocenters. The van der Waals surface area contributed by atoms with Gasteiger partial charge in [0.05, 0.1) is 30.6 Å². The fourth-order valence-electron chi connectivity index (χ4n) is 5.81. The number of nitrogens with zero attached hydrogens (tertiary/aromatic N) is 3. The molecule has 5 rings (SSSR count). The van der Waals surface area contributed by atoms with Gasteiger partial charge in [0.15, 0.2) is 0 Å². The molecule has 1 fully saturated rings. The molecule has 0 spiro atoms. The summed E-state index contributed by atoms with van der Waals surface area (Å²) < 4.78 is 5.50. The van der Waals surface area contributed by atoms with Crippen molar-refractivity contribution in [3.05, 3.63) is 108 Å². The maximum Gasteiger partial charge on any atom is 0.119 e. The van der Waals surface area contributed by atoms with Crippen molar-refractivity contribution in [3.8, 4) is 17.0 Å². The van der Waals surface area contributed by atoms with Gasteiger partial charge in [0.2, 0.25) is 0 Å². The number of aryl methyl sites for hydroxylation is 1. The standard InChI is InChI=1S/C32H38N4O.3ClH/c1-23(2)31(30-29(33-24(3)34-30)27-16-11-17-28(22-27)37-4)35-18-20-36(21-19-35)32(25-12-7-5-8-13-25)26-14-9-6-10-15-26;;;/h5-17,22-23,31-32H,18-21H2,1-4H3,(H,33,34);3*1H. The molecule has 1 saturated heterocycles. The Bertz CT molecular complexity index is 1250. The monoisotopic (exact) mass is 602 g/mol. The van der Waals surface area contributed by atoms with Gasteiger partial charge in [-0.2, -0.15) is 0 Å². The molecule has 40 heavy (non-hydrogen) atoms. The largest absolute Gasteiger partial charge is 0.497 e. The van der Waals surface area contributed by atoms with Crippen LogP contribution in [0.4, 0.5) is 0 Å². The summed E-state index contributed by atoms with van der Waals surface area (Å²) in [6.45, 7) is 10.7. The molecule has 216 valence electrons. The van der Waals surface area contributed by atoms with Gasteiger partial charge < -0.3 is 9.72 Å². The highest BCUT2D eigenvalue weighted by molar-refractivity contribution is 5.86. The second-order valence-electron chi connectivity index (χ2n) is 10.3. The van der Waals surface area contributed by atoms with Crippen molar-refractivity contribution < 1.29 is 4.74 Å². The average Bonchev–Trinajstić information content (AvgIpc) is 3.31. The Labute approximate surface area is 257 Å². The second-order valence-corrected chi connectivity index (χ2v) is 10.3. The number of aromatic nitrogens is 2. The number of H-pyrrole nitrogens is 1. The molecule has 0 aliphatic carbocycles. The molecule has 8 heteroatoms. The van der Waals surface area contributed by atoms with Gasteiger partial charge in [0, 0.05) is 31.7 Å². The van der Waals surface area contributed by atoms with E-state index in [0.717, 1.165) is 49.0 Å². The summed E-state index contributed by atoms with van der Waals surface area (Å²) >= 11 is 0. The van der Waals surface area contributed by atoms with Gasteiger partial charge >= 0.3 is 0 Å². The van der Waals surface area contributed by atoms with Gasteiger partial charge in [0.1, 0.15) is 11.6 Å². The quantitative estimate of drug-likeness (QED) is 0.224. The topological polar surface area (TPSA) is 44.4 Å². The van der Waals surface area contributed by atoms with Crippen LogP contribution in [0.2, 0.25) is 0 Å². The first kappa shape index (κ1) is 33.7. The van der Waals surface area contributed by atoms with Crippen LogP contribution in [0.25, 0.3) is 11.3 Å². The molecule has 5 nitrogen and oxygen atoms in total. The summed E-state index contributed by atoms with van der Waals surface area (Å²) in [7, 11) is 1.71.